The van der Waals surface area contributed by atoms with Gasteiger partial charge in [0.2, 0.25) is 0 Å². The van der Waals surface area contributed by atoms with Gasteiger partial charge < -0.3 is 4.90 Å². The number of carbonyl (C=O) groups excluding carboxylic acids is 1. The van der Waals surface area contributed by atoms with Crippen LogP contribution < -0.4 is 0 Å². The molecule has 0 spiro atoms. The van der Waals surface area contributed by atoms with E-state index in [-0.39, 0.29) is 11.8 Å². The summed E-state index contributed by atoms with van der Waals surface area (Å²) >= 11 is 0. The first kappa shape index (κ1) is 8.72. The molecule has 2 nitrogen and oxygen atoms in total. The van der Waals surface area contributed by atoms with E-state index in [2.05, 4.69) is 11.5 Å². The van der Waals surface area contributed by atoms with Gasteiger partial charge in [0.15, 0.2) is 5.78 Å². The molecular weight excluding hydrogens is 186 g/mol. The summed E-state index contributed by atoms with van der Waals surface area (Å²) in [7, 11) is 0. The highest BCUT2D eigenvalue weighted by atomic mass is 16.1. The first-order valence-electron chi connectivity index (χ1n) is 5.34. The van der Waals surface area contributed by atoms with Crippen molar-refractivity contribution in [1.29, 1.82) is 0 Å². The average Bonchev–Trinajstić information content (AvgIpc) is 2.90. The molecule has 3 rings (SSSR count). The van der Waals surface area contributed by atoms with Crippen molar-refractivity contribution in [3.8, 4) is 0 Å². The minimum atomic E-state index is 0.0913. The van der Waals surface area contributed by atoms with Crippen LogP contribution in [0.3, 0.4) is 0 Å². The van der Waals surface area contributed by atoms with Crippen LogP contribution in [0, 0.1) is 0 Å². The van der Waals surface area contributed by atoms with Crippen molar-refractivity contribution in [2.75, 3.05) is 0 Å². The predicted octanol–water partition coefficient (Wildman–Crippen LogP) is 2.23. The van der Waals surface area contributed by atoms with Crippen LogP contribution in [0.4, 0.5) is 0 Å². The van der Waals surface area contributed by atoms with Crippen LogP contribution in [0.2, 0.25) is 0 Å². The maximum Gasteiger partial charge on any atom is 0.187 e. The van der Waals surface area contributed by atoms with Gasteiger partial charge in [-0.25, -0.2) is 0 Å². The SMILES string of the molecule is C=C1CCC2C(C(=O)c3ccccc3)N12. The van der Waals surface area contributed by atoms with E-state index in [9.17, 15) is 4.79 Å². The average molecular weight is 199 g/mol. The number of piperidine rings is 1. The van der Waals surface area contributed by atoms with E-state index in [4.69, 9.17) is 0 Å². The molecule has 0 radical (unpaired) electrons. The quantitative estimate of drug-likeness (QED) is 0.537. The minimum absolute atomic E-state index is 0.0913. The van der Waals surface area contributed by atoms with Gasteiger partial charge in [-0.05, 0) is 12.8 Å². The summed E-state index contributed by atoms with van der Waals surface area (Å²) in [5.41, 5.74) is 1.96. The van der Waals surface area contributed by atoms with Gasteiger partial charge in [0.1, 0.15) is 6.04 Å². The zero-order chi connectivity index (χ0) is 10.4. The van der Waals surface area contributed by atoms with Crippen molar-refractivity contribution in [1.82, 2.24) is 4.90 Å². The molecule has 2 unspecified atom stereocenters. The molecule has 1 aromatic carbocycles. The summed E-state index contributed by atoms with van der Waals surface area (Å²) in [5, 5.41) is 0. The van der Waals surface area contributed by atoms with Gasteiger partial charge in [-0.15, -0.1) is 0 Å². The third kappa shape index (κ3) is 1.21. The number of hydrogen-bond donors (Lipinski definition) is 0. The molecule has 2 fully saturated rings. The number of fused-ring (bicyclic) bond motifs is 1. The van der Waals surface area contributed by atoms with Crippen LogP contribution in [-0.4, -0.2) is 22.8 Å². The molecule has 0 saturated carbocycles. The topological polar surface area (TPSA) is 20.1 Å². The number of allylic oxidation sites excluding steroid dienone is 1. The van der Waals surface area contributed by atoms with Crippen LogP contribution >= 0.6 is 0 Å². The third-order valence-electron chi connectivity index (χ3n) is 3.35. The summed E-state index contributed by atoms with van der Waals surface area (Å²) < 4.78 is 0. The molecule has 2 atom stereocenters. The maximum atomic E-state index is 12.1. The van der Waals surface area contributed by atoms with E-state index in [1.165, 1.54) is 0 Å². The second-order valence-electron chi connectivity index (χ2n) is 4.25. The van der Waals surface area contributed by atoms with Crippen molar-refractivity contribution >= 4 is 5.78 Å². The molecule has 0 N–H and O–H groups in total. The zero-order valence-electron chi connectivity index (χ0n) is 8.52. The molecule has 1 aromatic rings. The molecule has 0 aromatic heterocycles. The van der Waals surface area contributed by atoms with Gasteiger partial charge in [-0.3, -0.25) is 4.79 Å². The number of carbonyl (C=O) groups is 1. The first-order chi connectivity index (χ1) is 7.29. The van der Waals surface area contributed by atoms with Crippen LogP contribution in [0.1, 0.15) is 23.2 Å². The number of nitrogens with zero attached hydrogens (tertiary/aromatic N) is 1. The van der Waals surface area contributed by atoms with E-state index >= 15 is 0 Å². The Hall–Kier alpha value is -1.57. The fourth-order valence-electron chi connectivity index (χ4n) is 2.53. The monoisotopic (exact) mass is 199 g/mol. The molecule has 2 aliphatic heterocycles. The van der Waals surface area contributed by atoms with E-state index in [0.717, 1.165) is 24.1 Å². The molecule has 2 saturated heterocycles. The number of ketones is 1. The van der Waals surface area contributed by atoms with Crippen LogP contribution in [0.25, 0.3) is 0 Å². The van der Waals surface area contributed by atoms with Crippen molar-refractivity contribution in [2.24, 2.45) is 0 Å². The molecule has 0 bridgehead atoms. The largest absolute Gasteiger partial charge is 0.357 e. The summed E-state index contributed by atoms with van der Waals surface area (Å²) in [6, 6.07) is 10.1. The van der Waals surface area contributed by atoms with Gasteiger partial charge >= 0.3 is 0 Å². The molecule has 0 aliphatic carbocycles. The highest BCUT2D eigenvalue weighted by Crippen LogP contribution is 2.45. The number of rotatable bonds is 2. The Morgan fingerprint density at radius 2 is 2.07 bits per heavy atom. The van der Waals surface area contributed by atoms with Crippen molar-refractivity contribution in [2.45, 2.75) is 24.9 Å². The standard InChI is InChI=1S/C13H13NO/c1-9-7-8-11-12(14(9)11)13(15)10-5-3-2-4-6-10/h2-6,11-12H,1,7-8H2. The normalized spacial score (nSPS) is 27.7. The van der Waals surface area contributed by atoms with Crippen molar-refractivity contribution < 1.29 is 4.79 Å². The molecule has 2 heteroatoms. The van der Waals surface area contributed by atoms with Gasteiger partial charge in [0.05, 0.1) is 6.04 Å². The van der Waals surface area contributed by atoms with E-state index in [1.807, 2.05) is 30.3 Å². The van der Waals surface area contributed by atoms with Gasteiger partial charge in [-0.1, -0.05) is 36.9 Å². The lowest BCUT2D eigenvalue weighted by Crippen LogP contribution is -2.14. The Labute approximate surface area is 89.2 Å². The summed E-state index contributed by atoms with van der Waals surface area (Å²) in [6.45, 7) is 3.98. The summed E-state index contributed by atoms with van der Waals surface area (Å²) in [6.07, 6.45) is 2.16. The molecular formula is C13H13NO. The molecule has 2 aliphatic rings. The fourth-order valence-corrected chi connectivity index (χ4v) is 2.53. The van der Waals surface area contributed by atoms with Crippen molar-refractivity contribution in [3.63, 3.8) is 0 Å². The second kappa shape index (κ2) is 2.96. The minimum Gasteiger partial charge on any atom is -0.357 e. The third-order valence-corrected chi connectivity index (χ3v) is 3.35. The molecule has 15 heavy (non-hydrogen) atoms. The lowest BCUT2D eigenvalue weighted by Gasteiger charge is -2.04. The summed E-state index contributed by atoms with van der Waals surface area (Å²) in [4.78, 5) is 14.2. The predicted molar refractivity (Wildman–Crippen MR) is 58.6 cm³/mol. The van der Waals surface area contributed by atoms with E-state index in [1.54, 1.807) is 0 Å². The maximum absolute atomic E-state index is 12.1. The van der Waals surface area contributed by atoms with Crippen LogP contribution in [0.5, 0.6) is 0 Å². The Kier molecular flexibility index (Phi) is 1.72. The Morgan fingerprint density at radius 1 is 1.33 bits per heavy atom. The van der Waals surface area contributed by atoms with Gasteiger partial charge in [-0.2, -0.15) is 0 Å². The number of benzene rings is 1. The lowest BCUT2D eigenvalue weighted by molar-refractivity contribution is 0.0975. The zero-order valence-corrected chi connectivity index (χ0v) is 8.52. The van der Waals surface area contributed by atoms with Crippen LogP contribution in [-0.2, 0) is 0 Å². The highest BCUT2D eigenvalue weighted by molar-refractivity contribution is 6.03. The Balaban J connectivity index is 1.81. The Morgan fingerprint density at radius 3 is 2.67 bits per heavy atom. The molecule has 0 amide bonds. The van der Waals surface area contributed by atoms with Crippen LogP contribution in [0.15, 0.2) is 42.6 Å². The molecule has 76 valence electrons. The van der Waals surface area contributed by atoms with E-state index in [0.29, 0.717) is 6.04 Å². The fraction of sp³-hybridized carbons (Fsp3) is 0.308. The number of hydrogen-bond acceptors (Lipinski definition) is 2. The second-order valence-corrected chi connectivity index (χ2v) is 4.25. The highest BCUT2D eigenvalue weighted by Gasteiger charge is 2.55. The first-order valence-corrected chi connectivity index (χ1v) is 5.34. The lowest BCUT2D eigenvalue weighted by atomic mass is 10.0. The van der Waals surface area contributed by atoms with Gasteiger partial charge in [0.25, 0.3) is 0 Å². The number of Topliss-reactive ketones (excluding diaryl/α,β-unsaturated/α-hetero) is 1. The van der Waals surface area contributed by atoms with Crippen molar-refractivity contribution in [3.05, 3.63) is 48.2 Å². The summed E-state index contributed by atoms with van der Waals surface area (Å²) in [5.74, 6) is 0.251. The smallest absolute Gasteiger partial charge is 0.187 e. The molecule has 2 heterocycles. The Bertz CT molecular complexity index is 423. The van der Waals surface area contributed by atoms with Gasteiger partial charge in [0, 0.05) is 11.3 Å². The van der Waals surface area contributed by atoms with E-state index < -0.39 is 0 Å².